The summed E-state index contributed by atoms with van der Waals surface area (Å²) < 4.78 is 39.6. The molecule has 0 unspecified atom stereocenters. The van der Waals surface area contributed by atoms with Crippen LogP contribution in [-0.2, 0) is 4.74 Å². The SMILES string of the molecule is O=C(N/C(=C\N1CCOCC1)[P+](c1ccccc1)(c1ccccc1)c1ccccc1)c1ccccc1.[O-][Cl+3]([O-])([O-])[O-]. The number of ether oxygens (including phenoxy) is 1. The molecule has 1 fully saturated rings. The first-order valence-corrected chi connectivity index (χ1v) is 15.9. The predicted octanol–water partition coefficient (Wildman–Crippen LogP) is -0.214. The summed E-state index contributed by atoms with van der Waals surface area (Å²) in [6.45, 7) is 2.90. The van der Waals surface area contributed by atoms with Gasteiger partial charge in [0.05, 0.1) is 19.4 Å². The Hall–Kier alpha value is -3.59. The molecular formula is C31H30ClN2O6P. The van der Waals surface area contributed by atoms with E-state index in [2.05, 4.69) is 89.2 Å². The van der Waals surface area contributed by atoms with Gasteiger partial charge in [-0.05, 0) is 48.5 Å². The Labute approximate surface area is 242 Å². The molecule has 5 rings (SSSR count). The first-order chi connectivity index (χ1) is 19.8. The molecule has 0 spiro atoms. The minimum absolute atomic E-state index is 0.109. The number of nitrogens with zero attached hydrogens (tertiary/aromatic N) is 1. The Balaban J connectivity index is 0.000000714. The van der Waals surface area contributed by atoms with Crippen LogP contribution in [0.3, 0.4) is 0 Å². The zero-order chi connectivity index (χ0) is 29.1. The lowest BCUT2D eigenvalue weighted by atomic mass is 10.2. The summed E-state index contributed by atoms with van der Waals surface area (Å²) in [7, 11) is -7.40. The molecule has 10 heteroatoms. The van der Waals surface area contributed by atoms with Crippen LogP contribution in [0.5, 0.6) is 0 Å². The van der Waals surface area contributed by atoms with Crippen molar-refractivity contribution in [3.63, 3.8) is 0 Å². The van der Waals surface area contributed by atoms with Crippen LogP contribution in [0.2, 0.25) is 0 Å². The standard InChI is InChI=1S/C31H29N2O2P.ClHO4/c34-31(26-13-5-1-6-14-26)32-30(25-33-21-23-35-24-22-33)36(27-15-7-2-8-16-27,28-17-9-3-10-18-28)29-19-11-4-12-20-29;2-1(3,4)5/h1-20,25H,21-24H2;(H,2,3,4,5)/b30-25+;. The van der Waals surface area contributed by atoms with E-state index in [1.54, 1.807) is 0 Å². The van der Waals surface area contributed by atoms with Crippen molar-refractivity contribution in [1.82, 2.24) is 10.2 Å². The number of carbonyl (C=O) groups is 1. The highest BCUT2D eigenvalue weighted by atomic mass is 35.7. The Kier molecular flexibility index (Phi) is 10.6. The van der Waals surface area contributed by atoms with Crippen LogP contribution >= 0.6 is 7.26 Å². The summed E-state index contributed by atoms with van der Waals surface area (Å²) in [5, 5.41) is 6.98. The van der Waals surface area contributed by atoms with Gasteiger partial charge >= 0.3 is 0 Å². The zero-order valence-corrected chi connectivity index (χ0v) is 23.8. The van der Waals surface area contributed by atoms with Gasteiger partial charge in [0.1, 0.15) is 15.9 Å². The van der Waals surface area contributed by atoms with Crippen LogP contribution in [0.4, 0.5) is 0 Å². The van der Waals surface area contributed by atoms with Crippen LogP contribution in [0.25, 0.3) is 0 Å². The van der Waals surface area contributed by atoms with E-state index in [4.69, 9.17) is 23.4 Å². The first kappa shape index (κ1) is 30.4. The summed E-state index contributed by atoms with van der Waals surface area (Å²) in [4.78, 5) is 15.9. The number of rotatable bonds is 7. The van der Waals surface area contributed by atoms with E-state index < -0.39 is 17.5 Å². The van der Waals surface area contributed by atoms with Crippen LogP contribution in [0, 0.1) is 10.2 Å². The lowest BCUT2D eigenvalue weighted by Gasteiger charge is -2.32. The molecule has 1 aliphatic rings. The molecule has 4 aromatic carbocycles. The maximum absolute atomic E-state index is 13.7. The molecule has 1 N–H and O–H groups in total. The number of amides is 1. The number of hydrogen-bond donors (Lipinski definition) is 1. The predicted molar refractivity (Wildman–Crippen MR) is 150 cm³/mol. The van der Waals surface area contributed by atoms with E-state index in [0.717, 1.165) is 18.5 Å². The molecule has 0 aliphatic carbocycles. The monoisotopic (exact) mass is 592 g/mol. The third-order valence-corrected chi connectivity index (χ3v) is 10.6. The number of morpholine rings is 1. The van der Waals surface area contributed by atoms with Crippen molar-refractivity contribution in [3.05, 3.63) is 139 Å². The fourth-order valence-electron chi connectivity index (χ4n) is 4.68. The quantitative estimate of drug-likeness (QED) is 0.293. The van der Waals surface area contributed by atoms with Crippen LogP contribution in [0.15, 0.2) is 133 Å². The highest BCUT2D eigenvalue weighted by molar-refractivity contribution is 7.99. The van der Waals surface area contributed by atoms with Crippen LogP contribution in [-0.4, -0.2) is 37.1 Å². The van der Waals surface area contributed by atoms with Gasteiger partial charge < -0.3 is 9.64 Å². The van der Waals surface area contributed by atoms with E-state index in [1.807, 2.05) is 48.5 Å². The van der Waals surface area contributed by atoms with Crippen LogP contribution in [0.1, 0.15) is 10.4 Å². The third kappa shape index (κ3) is 8.22. The summed E-state index contributed by atoms with van der Waals surface area (Å²) in [5.74, 6) is -0.109. The fourth-order valence-corrected chi connectivity index (χ4v) is 8.87. The lowest BCUT2D eigenvalue weighted by Crippen LogP contribution is -2.68. The normalized spacial score (nSPS) is 14.0. The molecule has 0 aromatic heterocycles. The molecule has 0 bridgehead atoms. The third-order valence-electron chi connectivity index (χ3n) is 6.42. The fraction of sp³-hybridized carbons (Fsp3) is 0.129. The average Bonchev–Trinajstić information content (AvgIpc) is 2.99. The molecule has 1 amide bonds. The second-order valence-corrected chi connectivity index (χ2v) is 13.2. The molecular weight excluding hydrogens is 563 g/mol. The molecule has 1 heterocycles. The van der Waals surface area contributed by atoms with Crippen molar-refractivity contribution in [2.75, 3.05) is 26.3 Å². The summed E-state index contributed by atoms with van der Waals surface area (Å²) in [5.41, 5.74) is 1.56. The van der Waals surface area contributed by atoms with Crippen molar-refractivity contribution in [1.29, 1.82) is 0 Å². The van der Waals surface area contributed by atoms with Gasteiger partial charge in [-0.25, -0.2) is 18.6 Å². The number of hydrogen-bond acceptors (Lipinski definition) is 7. The molecule has 4 aromatic rings. The molecule has 0 saturated carbocycles. The Morgan fingerprint density at radius 1 is 0.683 bits per heavy atom. The van der Waals surface area contributed by atoms with E-state index in [-0.39, 0.29) is 5.91 Å². The Morgan fingerprint density at radius 3 is 1.44 bits per heavy atom. The van der Waals surface area contributed by atoms with Crippen molar-refractivity contribution in [2.45, 2.75) is 0 Å². The summed E-state index contributed by atoms with van der Waals surface area (Å²) in [6.07, 6.45) is 2.17. The van der Waals surface area contributed by atoms with E-state index in [1.165, 1.54) is 15.9 Å². The minimum atomic E-state index is -4.94. The van der Waals surface area contributed by atoms with Gasteiger partial charge in [-0.3, -0.25) is 10.1 Å². The largest absolute Gasteiger partial charge is 0.378 e. The van der Waals surface area contributed by atoms with Crippen molar-refractivity contribution < 1.29 is 38.4 Å². The van der Waals surface area contributed by atoms with Gasteiger partial charge in [0.15, 0.2) is 12.7 Å². The van der Waals surface area contributed by atoms with Gasteiger partial charge in [0.25, 0.3) is 5.91 Å². The van der Waals surface area contributed by atoms with Gasteiger partial charge in [-0.2, -0.15) is 0 Å². The highest BCUT2D eigenvalue weighted by Crippen LogP contribution is 2.61. The number of benzene rings is 4. The van der Waals surface area contributed by atoms with Crippen molar-refractivity contribution >= 4 is 29.1 Å². The Bertz CT molecular complexity index is 1300. The lowest BCUT2D eigenvalue weighted by molar-refractivity contribution is -2.00. The van der Waals surface area contributed by atoms with Crippen molar-refractivity contribution in [3.8, 4) is 0 Å². The maximum Gasteiger partial charge on any atom is 0.258 e. The molecule has 1 aliphatic heterocycles. The van der Waals surface area contributed by atoms with Gasteiger partial charge in [-0.1, -0.05) is 72.8 Å². The Morgan fingerprint density at radius 2 is 1.05 bits per heavy atom. The average molecular weight is 593 g/mol. The van der Waals surface area contributed by atoms with E-state index in [9.17, 15) is 4.79 Å². The molecule has 0 radical (unpaired) electrons. The number of carbonyl (C=O) groups excluding carboxylic acids is 1. The highest BCUT2D eigenvalue weighted by Gasteiger charge is 2.51. The molecule has 1 saturated heterocycles. The number of halogens is 1. The smallest absolute Gasteiger partial charge is 0.258 e. The molecule has 0 atom stereocenters. The molecule has 8 nitrogen and oxygen atoms in total. The first-order valence-electron chi connectivity index (χ1n) is 12.9. The summed E-state index contributed by atoms with van der Waals surface area (Å²) >= 11 is 0. The second-order valence-electron chi connectivity index (χ2n) is 9.04. The van der Waals surface area contributed by atoms with Gasteiger partial charge in [0, 0.05) is 18.7 Å². The van der Waals surface area contributed by atoms with Gasteiger partial charge in [-0.15, -0.1) is 10.2 Å². The summed E-state index contributed by atoms with van der Waals surface area (Å²) in [6, 6.07) is 41.2. The zero-order valence-electron chi connectivity index (χ0n) is 22.2. The van der Waals surface area contributed by atoms with Gasteiger partial charge in [0.2, 0.25) is 0 Å². The minimum Gasteiger partial charge on any atom is -0.378 e. The van der Waals surface area contributed by atoms with E-state index >= 15 is 0 Å². The second kappa shape index (κ2) is 14.3. The van der Waals surface area contributed by atoms with Crippen molar-refractivity contribution in [2.24, 2.45) is 0 Å². The topological polar surface area (TPSA) is 134 Å². The van der Waals surface area contributed by atoms with E-state index in [0.29, 0.717) is 18.8 Å². The molecule has 212 valence electrons. The number of nitrogens with one attached hydrogen (secondary N) is 1. The van der Waals surface area contributed by atoms with Crippen LogP contribution < -0.4 is 39.9 Å². The maximum atomic E-state index is 13.7. The molecule has 41 heavy (non-hydrogen) atoms.